The first kappa shape index (κ1) is 13.9. The van der Waals surface area contributed by atoms with Gasteiger partial charge in [0, 0.05) is 12.4 Å². The molecule has 0 saturated heterocycles. The van der Waals surface area contributed by atoms with Gasteiger partial charge in [-0.2, -0.15) is 0 Å². The summed E-state index contributed by atoms with van der Waals surface area (Å²) in [6, 6.07) is 15.0. The summed E-state index contributed by atoms with van der Waals surface area (Å²) in [7, 11) is 0. The summed E-state index contributed by atoms with van der Waals surface area (Å²) in [4.78, 5) is 14.5. The molecule has 0 aliphatic rings. The zero-order valence-electron chi connectivity index (χ0n) is 10.4. The van der Waals surface area contributed by atoms with Crippen molar-refractivity contribution in [3.05, 3.63) is 66.5 Å². The van der Waals surface area contributed by atoms with E-state index in [4.69, 9.17) is 5.11 Å². The Balaban J connectivity index is 0.000000225. The topological polar surface area (TPSA) is 50.2 Å². The van der Waals surface area contributed by atoms with Gasteiger partial charge < -0.3 is 5.11 Å². The number of hydrogen-bond acceptors (Lipinski definition) is 2. The van der Waals surface area contributed by atoms with Crippen molar-refractivity contribution in [3.63, 3.8) is 0 Å². The van der Waals surface area contributed by atoms with Crippen molar-refractivity contribution in [1.82, 2.24) is 4.98 Å². The van der Waals surface area contributed by atoms with Crippen LogP contribution >= 0.6 is 0 Å². The number of carboxylic acid groups (broad SMARTS) is 1. The van der Waals surface area contributed by atoms with E-state index in [1.165, 1.54) is 0 Å². The van der Waals surface area contributed by atoms with Crippen LogP contribution in [0.2, 0.25) is 0 Å². The van der Waals surface area contributed by atoms with Crippen molar-refractivity contribution in [3.8, 4) is 0 Å². The number of benzene rings is 1. The van der Waals surface area contributed by atoms with E-state index >= 15 is 0 Å². The molecule has 0 bridgehead atoms. The van der Waals surface area contributed by atoms with Gasteiger partial charge in [0.2, 0.25) is 0 Å². The number of nitrogens with zero attached hydrogens (tertiary/aromatic N) is 1. The second-order valence-electron chi connectivity index (χ2n) is 3.73. The Hall–Kier alpha value is -2.16. The van der Waals surface area contributed by atoms with Crippen molar-refractivity contribution in [2.45, 2.75) is 19.3 Å². The molecule has 1 atom stereocenters. The summed E-state index contributed by atoms with van der Waals surface area (Å²) >= 11 is 0. The molecule has 0 fully saturated rings. The lowest BCUT2D eigenvalue weighted by Crippen LogP contribution is -2.09. The first-order chi connectivity index (χ1) is 8.75. The van der Waals surface area contributed by atoms with Crippen molar-refractivity contribution < 1.29 is 9.90 Å². The SMILES string of the molecule is CCC(C(=O)O)c1ccccc1.c1ccncc1. The molecule has 0 radical (unpaired) electrons. The smallest absolute Gasteiger partial charge is 0.310 e. The van der Waals surface area contributed by atoms with Crippen LogP contribution in [0.1, 0.15) is 24.8 Å². The number of aliphatic carboxylic acids is 1. The van der Waals surface area contributed by atoms with Gasteiger partial charge in [-0.25, -0.2) is 0 Å². The van der Waals surface area contributed by atoms with Gasteiger partial charge in [-0.1, -0.05) is 43.3 Å². The minimum Gasteiger partial charge on any atom is -0.481 e. The van der Waals surface area contributed by atoms with Crippen LogP contribution in [0.3, 0.4) is 0 Å². The Kier molecular flexibility index (Phi) is 6.19. The standard InChI is InChI=1S/C10H12O2.C5H5N/c1-2-9(10(11)12)8-6-4-3-5-7-8;1-2-4-6-5-3-1/h3-7,9H,2H2,1H3,(H,11,12);1-5H. The van der Waals surface area contributed by atoms with Gasteiger partial charge in [0.25, 0.3) is 0 Å². The molecule has 1 N–H and O–H groups in total. The number of carboxylic acids is 1. The zero-order valence-corrected chi connectivity index (χ0v) is 10.4. The summed E-state index contributed by atoms with van der Waals surface area (Å²) in [5, 5.41) is 8.83. The van der Waals surface area contributed by atoms with Crippen molar-refractivity contribution in [1.29, 1.82) is 0 Å². The highest BCUT2D eigenvalue weighted by molar-refractivity contribution is 5.75. The minimum absolute atomic E-state index is 0.355. The van der Waals surface area contributed by atoms with E-state index in [1.54, 1.807) is 12.4 Å². The fourth-order valence-electron chi connectivity index (χ4n) is 1.55. The minimum atomic E-state index is -0.747. The van der Waals surface area contributed by atoms with Crippen LogP contribution in [0.15, 0.2) is 60.9 Å². The first-order valence-corrected chi connectivity index (χ1v) is 5.88. The summed E-state index contributed by atoms with van der Waals surface area (Å²) in [5.41, 5.74) is 0.882. The third kappa shape index (κ3) is 4.78. The zero-order chi connectivity index (χ0) is 13.2. The molecule has 2 rings (SSSR count). The van der Waals surface area contributed by atoms with Crippen LogP contribution in [0, 0.1) is 0 Å². The Morgan fingerprint density at radius 1 is 1.11 bits per heavy atom. The number of rotatable bonds is 3. The highest BCUT2D eigenvalue weighted by Crippen LogP contribution is 2.18. The van der Waals surface area contributed by atoms with Crippen molar-refractivity contribution in [2.75, 3.05) is 0 Å². The summed E-state index contributed by atoms with van der Waals surface area (Å²) < 4.78 is 0. The van der Waals surface area contributed by atoms with Gasteiger partial charge in [-0.3, -0.25) is 9.78 Å². The Bertz CT molecular complexity index is 416. The molecule has 94 valence electrons. The van der Waals surface area contributed by atoms with Crippen LogP contribution in [0.25, 0.3) is 0 Å². The molecule has 0 aliphatic heterocycles. The third-order valence-electron chi connectivity index (χ3n) is 2.47. The van der Waals surface area contributed by atoms with Gasteiger partial charge >= 0.3 is 5.97 Å². The molecule has 0 saturated carbocycles. The van der Waals surface area contributed by atoms with Crippen LogP contribution in [0.5, 0.6) is 0 Å². The molecule has 0 aliphatic carbocycles. The molecule has 1 unspecified atom stereocenters. The number of hydrogen-bond donors (Lipinski definition) is 1. The molecule has 0 amide bonds. The summed E-state index contributed by atoms with van der Waals surface area (Å²) in [6.07, 6.45) is 4.14. The van der Waals surface area contributed by atoms with E-state index in [0.717, 1.165) is 5.56 Å². The fraction of sp³-hybridized carbons (Fsp3) is 0.200. The predicted molar refractivity (Wildman–Crippen MR) is 71.3 cm³/mol. The summed E-state index contributed by atoms with van der Waals surface area (Å²) in [5.74, 6) is -1.10. The highest BCUT2D eigenvalue weighted by atomic mass is 16.4. The normalized spacial score (nSPS) is 10.9. The molecular weight excluding hydrogens is 226 g/mol. The highest BCUT2D eigenvalue weighted by Gasteiger charge is 2.16. The van der Waals surface area contributed by atoms with E-state index in [2.05, 4.69) is 4.98 Å². The van der Waals surface area contributed by atoms with Gasteiger partial charge in [0.15, 0.2) is 0 Å². The lowest BCUT2D eigenvalue weighted by atomic mass is 9.97. The quantitative estimate of drug-likeness (QED) is 0.899. The molecule has 0 spiro atoms. The van der Waals surface area contributed by atoms with Gasteiger partial charge in [-0.05, 0) is 24.1 Å². The number of aromatic nitrogens is 1. The Morgan fingerprint density at radius 2 is 1.67 bits per heavy atom. The molecule has 1 aromatic carbocycles. The van der Waals surface area contributed by atoms with Crippen LogP contribution < -0.4 is 0 Å². The van der Waals surface area contributed by atoms with Crippen LogP contribution in [0.4, 0.5) is 0 Å². The van der Waals surface area contributed by atoms with E-state index in [-0.39, 0.29) is 5.92 Å². The fourth-order valence-corrected chi connectivity index (χ4v) is 1.55. The van der Waals surface area contributed by atoms with E-state index < -0.39 is 5.97 Å². The maximum atomic E-state index is 10.7. The largest absolute Gasteiger partial charge is 0.481 e. The number of carbonyl (C=O) groups is 1. The van der Waals surface area contributed by atoms with Gasteiger partial charge in [0.1, 0.15) is 0 Å². The monoisotopic (exact) mass is 243 g/mol. The van der Waals surface area contributed by atoms with E-state index in [0.29, 0.717) is 6.42 Å². The molecule has 3 nitrogen and oxygen atoms in total. The second kappa shape index (κ2) is 8.01. The molecule has 1 aromatic heterocycles. The van der Waals surface area contributed by atoms with Gasteiger partial charge in [-0.15, -0.1) is 0 Å². The average molecular weight is 243 g/mol. The van der Waals surface area contributed by atoms with Crippen LogP contribution in [-0.2, 0) is 4.79 Å². The first-order valence-electron chi connectivity index (χ1n) is 5.88. The van der Waals surface area contributed by atoms with Crippen LogP contribution in [-0.4, -0.2) is 16.1 Å². The molecule has 18 heavy (non-hydrogen) atoms. The van der Waals surface area contributed by atoms with Crippen molar-refractivity contribution in [2.24, 2.45) is 0 Å². The summed E-state index contributed by atoms with van der Waals surface area (Å²) in [6.45, 7) is 1.88. The van der Waals surface area contributed by atoms with Gasteiger partial charge in [0.05, 0.1) is 5.92 Å². The molecule has 3 heteroatoms. The lowest BCUT2D eigenvalue weighted by molar-refractivity contribution is -0.138. The average Bonchev–Trinajstić information content (AvgIpc) is 2.43. The molecular formula is C15H17NO2. The Morgan fingerprint density at radius 3 is 2.00 bits per heavy atom. The van der Waals surface area contributed by atoms with E-state index in [9.17, 15) is 4.79 Å². The third-order valence-corrected chi connectivity index (χ3v) is 2.47. The van der Waals surface area contributed by atoms with Crippen molar-refractivity contribution >= 4 is 5.97 Å². The maximum Gasteiger partial charge on any atom is 0.310 e. The molecule has 2 aromatic rings. The lowest BCUT2D eigenvalue weighted by Gasteiger charge is -2.08. The van der Waals surface area contributed by atoms with E-state index in [1.807, 2.05) is 55.5 Å². The second-order valence-corrected chi connectivity index (χ2v) is 3.73. The number of pyridine rings is 1. The predicted octanol–water partition coefficient (Wildman–Crippen LogP) is 3.35. The maximum absolute atomic E-state index is 10.7. The molecule has 1 heterocycles. The Labute approximate surface area is 107 Å².